The Morgan fingerprint density at radius 3 is 2.44 bits per heavy atom. The molecule has 1 atom stereocenters. The van der Waals surface area contributed by atoms with Crippen LogP contribution in [0.1, 0.15) is 51.2 Å². The average Bonchev–Trinajstić information content (AvgIpc) is 3.41. The molecule has 242 valence electrons. The van der Waals surface area contributed by atoms with E-state index in [4.69, 9.17) is 9.47 Å². The maximum Gasteiger partial charge on any atom is 0.416 e. The van der Waals surface area contributed by atoms with Gasteiger partial charge in [0, 0.05) is 37.1 Å². The molecule has 0 saturated carbocycles. The number of nitrogens with zero attached hydrogens (tertiary/aromatic N) is 6. The Labute approximate surface area is 257 Å². The normalized spacial score (nSPS) is 17.8. The Kier molecular flexibility index (Phi) is 8.66. The number of fused-ring (bicyclic) bond motifs is 1. The minimum absolute atomic E-state index is 0.145. The second-order valence-corrected chi connectivity index (χ2v) is 12.1. The van der Waals surface area contributed by atoms with E-state index >= 15 is 0 Å². The third-order valence-electron chi connectivity index (χ3n) is 7.59. The summed E-state index contributed by atoms with van der Waals surface area (Å²) in [5.74, 6) is -0.0501. The number of carbonyl (C=O) groups is 2. The molecular weight excluding hydrogens is 595 g/mol. The highest BCUT2D eigenvalue weighted by molar-refractivity contribution is 5.91. The molecule has 1 saturated heterocycles. The summed E-state index contributed by atoms with van der Waals surface area (Å²) in [6, 6.07) is 3.84. The van der Waals surface area contributed by atoms with Crippen LogP contribution in [-0.4, -0.2) is 80.6 Å². The van der Waals surface area contributed by atoms with Crippen LogP contribution in [0.4, 0.5) is 29.3 Å². The lowest BCUT2D eigenvalue weighted by Gasteiger charge is -2.41. The summed E-state index contributed by atoms with van der Waals surface area (Å²) >= 11 is 0. The molecule has 45 heavy (non-hydrogen) atoms. The number of nitrogens with one attached hydrogen (secondary N) is 1. The van der Waals surface area contributed by atoms with Gasteiger partial charge in [0.15, 0.2) is 5.82 Å². The van der Waals surface area contributed by atoms with Crippen molar-refractivity contribution in [1.29, 1.82) is 0 Å². The van der Waals surface area contributed by atoms with Gasteiger partial charge in [0.1, 0.15) is 17.8 Å². The van der Waals surface area contributed by atoms with E-state index in [0.717, 1.165) is 17.7 Å². The zero-order valence-electron chi connectivity index (χ0n) is 25.8. The molecule has 15 heteroatoms. The van der Waals surface area contributed by atoms with Crippen molar-refractivity contribution >= 4 is 34.7 Å². The van der Waals surface area contributed by atoms with Gasteiger partial charge in [-0.2, -0.15) is 22.7 Å². The predicted octanol–water partition coefficient (Wildman–Crippen LogP) is 4.11. The van der Waals surface area contributed by atoms with Gasteiger partial charge in [-0.3, -0.25) is 9.59 Å². The molecule has 2 aliphatic rings. The highest BCUT2D eigenvalue weighted by Gasteiger charge is 2.34. The third kappa shape index (κ3) is 6.97. The minimum atomic E-state index is -4.50. The highest BCUT2D eigenvalue weighted by Crippen LogP contribution is 2.30. The lowest BCUT2D eigenvalue weighted by Crippen LogP contribution is -2.56. The molecule has 1 fully saturated rings. The number of amides is 2. The lowest BCUT2D eigenvalue weighted by molar-refractivity contribution is -0.137. The molecule has 2 aromatic heterocycles. The number of carbonyl (C=O) groups excluding carboxylic acids is 2. The lowest BCUT2D eigenvalue weighted by atomic mass is 10.1. The second-order valence-electron chi connectivity index (χ2n) is 12.1. The van der Waals surface area contributed by atoms with Gasteiger partial charge in [0.05, 0.1) is 18.8 Å². The van der Waals surface area contributed by atoms with Crippen molar-refractivity contribution in [3.8, 4) is 0 Å². The van der Waals surface area contributed by atoms with Crippen LogP contribution in [0.5, 0.6) is 0 Å². The summed E-state index contributed by atoms with van der Waals surface area (Å²) in [6.45, 7) is 10.5. The molecule has 0 bridgehead atoms. The van der Waals surface area contributed by atoms with Crippen LogP contribution >= 0.6 is 0 Å². The van der Waals surface area contributed by atoms with Crippen molar-refractivity contribution in [3.05, 3.63) is 57.8 Å². The van der Waals surface area contributed by atoms with Crippen LogP contribution in [0.3, 0.4) is 0 Å². The summed E-state index contributed by atoms with van der Waals surface area (Å²) in [5.41, 5.74) is -0.164. The van der Waals surface area contributed by atoms with Crippen LogP contribution in [-0.2, 0) is 27.0 Å². The Morgan fingerprint density at radius 1 is 1.13 bits per heavy atom. The first-order valence-corrected chi connectivity index (χ1v) is 14.6. The van der Waals surface area contributed by atoms with Crippen LogP contribution in [0, 0.1) is 6.92 Å². The first-order chi connectivity index (χ1) is 21.1. The third-order valence-corrected chi connectivity index (χ3v) is 7.59. The Bertz CT molecular complexity index is 1690. The van der Waals surface area contributed by atoms with Crippen molar-refractivity contribution < 1.29 is 32.2 Å². The molecule has 0 radical (unpaired) electrons. The molecule has 5 rings (SSSR count). The van der Waals surface area contributed by atoms with E-state index in [2.05, 4.69) is 15.4 Å². The Hall–Kier alpha value is -4.40. The van der Waals surface area contributed by atoms with Crippen molar-refractivity contribution in [2.45, 2.75) is 65.4 Å². The van der Waals surface area contributed by atoms with Gasteiger partial charge >= 0.3 is 12.3 Å². The molecular formula is C30H36F3N7O5. The van der Waals surface area contributed by atoms with Crippen LogP contribution in [0.15, 0.2) is 35.1 Å². The van der Waals surface area contributed by atoms with Crippen molar-refractivity contribution in [1.82, 2.24) is 24.1 Å². The van der Waals surface area contributed by atoms with Crippen LogP contribution in [0.2, 0.25) is 0 Å². The fourth-order valence-electron chi connectivity index (χ4n) is 5.41. The summed E-state index contributed by atoms with van der Waals surface area (Å²) in [6.07, 6.45) is -2.55. The quantitative estimate of drug-likeness (QED) is 0.447. The number of halogens is 3. The van der Waals surface area contributed by atoms with Crippen molar-refractivity contribution in [3.63, 3.8) is 0 Å². The van der Waals surface area contributed by atoms with E-state index < -0.39 is 34.9 Å². The molecule has 4 heterocycles. The maximum atomic E-state index is 14.0. The number of hydrogen-bond donors (Lipinski definition) is 1. The van der Waals surface area contributed by atoms with E-state index in [1.54, 1.807) is 37.2 Å². The second kappa shape index (κ2) is 12.2. The van der Waals surface area contributed by atoms with Gasteiger partial charge < -0.3 is 29.2 Å². The minimum Gasteiger partial charge on any atom is -0.444 e. The van der Waals surface area contributed by atoms with E-state index in [1.165, 1.54) is 16.6 Å². The van der Waals surface area contributed by atoms with Gasteiger partial charge in [0.2, 0.25) is 11.7 Å². The van der Waals surface area contributed by atoms with Crippen LogP contribution in [0.25, 0.3) is 11.4 Å². The average molecular weight is 632 g/mol. The molecule has 2 amide bonds. The fourth-order valence-corrected chi connectivity index (χ4v) is 5.41. The van der Waals surface area contributed by atoms with Gasteiger partial charge in [0.25, 0.3) is 5.56 Å². The van der Waals surface area contributed by atoms with Crippen molar-refractivity contribution in [2.75, 3.05) is 43.1 Å². The standard InChI is InChI=1S/C30H36F3N7O5/c1-18-16-37(12-13-38(18)28(43)45-29(3,4)5)24-19(2)39(17-23(41)34-22-8-6-21(7-9-22)30(31,32)33)27-35-25(36-40(27)26(24)42)20-10-14-44-15-11-20/h6-10,18H,11-17H2,1-5H3,(H,34,41)/t18-/m1/s1. The number of benzene rings is 1. The molecule has 3 aromatic rings. The van der Waals surface area contributed by atoms with Gasteiger partial charge in [-0.1, -0.05) is 6.08 Å². The first kappa shape index (κ1) is 32.0. The summed E-state index contributed by atoms with van der Waals surface area (Å²) < 4.78 is 52.7. The number of alkyl halides is 3. The molecule has 1 aromatic carbocycles. The maximum absolute atomic E-state index is 14.0. The molecule has 12 nitrogen and oxygen atoms in total. The van der Waals surface area contributed by atoms with Crippen molar-refractivity contribution in [2.24, 2.45) is 0 Å². The largest absolute Gasteiger partial charge is 0.444 e. The molecule has 2 aliphatic heterocycles. The monoisotopic (exact) mass is 631 g/mol. The zero-order valence-corrected chi connectivity index (χ0v) is 25.8. The predicted molar refractivity (Wildman–Crippen MR) is 160 cm³/mol. The number of piperazine rings is 1. The Balaban J connectivity index is 1.49. The number of anilines is 2. The smallest absolute Gasteiger partial charge is 0.416 e. The molecule has 0 unspecified atom stereocenters. The van der Waals surface area contributed by atoms with E-state index in [-0.39, 0.29) is 24.1 Å². The highest BCUT2D eigenvalue weighted by atomic mass is 19.4. The fraction of sp³-hybridized carbons (Fsp3) is 0.500. The number of ether oxygens (including phenoxy) is 2. The molecule has 0 aliphatic carbocycles. The summed E-state index contributed by atoms with van der Waals surface area (Å²) in [5, 5.41) is 7.14. The SMILES string of the molecule is Cc1c(N2CCN(C(=O)OC(C)(C)C)[C@H](C)C2)c(=O)n2nc(C3=CCOCC3)nc2n1CC(=O)Nc1ccc(C(F)(F)F)cc1. The number of hydrogen-bond acceptors (Lipinski definition) is 8. The van der Waals surface area contributed by atoms with Gasteiger partial charge in [-0.05, 0) is 70.9 Å². The Morgan fingerprint density at radius 2 is 1.84 bits per heavy atom. The summed E-state index contributed by atoms with van der Waals surface area (Å²) in [7, 11) is 0. The number of aromatic nitrogens is 4. The zero-order chi connectivity index (χ0) is 32.7. The first-order valence-electron chi connectivity index (χ1n) is 14.6. The molecule has 1 N–H and O–H groups in total. The van der Waals surface area contributed by atoms with Gasteiger partial charge in [-0.25, -0.2) is 4.79 Å². The van der Waals surface area contributed by atoms with E-state index in [1.807, 2.05) is 17.9 Å². The summed E-state index contributed by atoms with van der Waals surface area (Å²) in [4.78, 5) is 48.1. The topological polar surface area (TPSA) is 123 Å². The van der Waals surface area contributed by atoms with E-state index in [0.29, 0.717) is 56.5 Å². The van der Waals surface area contributed by atoms with Crippen LogP contribution < -0.4 is 15.8 Å². The number of rotatable bonds is 5. The van der Waals surface area contributed by atoms with E-state index in [9.17, 15) is 27.6 Å². The van der Waals surface area contributed by atoms with Gasteiger partial charge in [-0.15, -0.1) is 5.10 Å². The molecule has 0 spiro atoms.